The summed E-state index contributed by atoms with van der Waals surface area (Å²) in [6, 6.07) is 7.20. The number of carboxylic acids is 1. The Labute approximate surface area is 123 Å². The first kappa shape index (κ1) is 13.9. The maximum absolute atomic E-state index is 11.8. The second-order valence-electron chi connectivity index (χ2n) is 6.34. The Kier molecular flexibility index (Phi) is 3.35. The quantitative estimate of drug-likeness (QED) is 0.797. The Balaban J connectivity index is 1.57. The lowest BCUT2D eigenvalue weighted by Gasteiger charge is -2.33. The molecule has 3 rings (SSSR count). The van der Waals surface area contributed by atoms with Crippen molar-refractivity contribution in [2.45, 2.75) is 44.1 Å². The molecular weight excluding hydrogens is 268 g/mol. The Morgan fingerprint density at radius 3 is 2.29 bits per heavy atom. The highest BCUT2D eigenvalue weighted by Gasteiger charge is 2.51. The number of carbonyl (C=O) groups is 2. The Bertz CT molecular complexity index is 557. The highest BCUT2D eigenvalue weighted by molar-refractivity contribution is 5.90. The smallest absolute Gasteiger partial charge is 0.319 e. The lowest BCUT2D eigenvalue weighted by molar-refractivity contribution is -0.140. The van der Waals surface area contributed by atoms with Gasteiger partial charge < -0.3 is 15.7 Å². The lowest BCUT2D eigenvalue weighted by Crippen LogP contribution is -2.45. The summed E-state index contributed by atoms with van der Waals surface area (Å²) in [5.41, 5.74) is 0.807. The molecule has 0 bridgehead atoms. The first-order valence-electron chi connectivity index (χ1n) is 7.41. The van der Waals surface area contributed by atoms with Gasteiger partial charge in [-0.3, -0.25) is 4.79 Å². The van der Waals surface area contributed by atoms with Crippen molar-refractivity contribution in [1.29, 1.82) is 0 Å². The fourth-order valence-electron chi connectivity index (χ4n) is 3.00. The number of hydrogen-bond donors (Lipinski definition) is 3. The molecule has 112 valence electrons. The van der Waals surface area contributed by atoms with Crippen LogP contribution in [0.25, 0.3) is 0 Å². The van der Waals surface area contributed by atoms with Gasteiger partial charge >= 0.3 is 12.0 Å². The molecule has 0 radical (unpaired) electrons. The molecule has 1 aromatic rings. The number of carbonyl (C=O) groups excluding carboxylic acids is 1. The molecule has 2 amide bonds. The zero-order valence-corrected chi connectivity index (χ0v) is 12.1. The van der Waals surface area contributed by atoms with E-state index in [1.54, 1.807) is 24.3 Å². The van der Waals surface area contributed by atoms with Gasteiger partial charge in [0, 0.05) is 11.7 Å². The van der Waals surface area contributed by atoms with Gasteiger partial charge in [-0.1, -0.05) is 19.1 Å². The van der Waals surface area contributed by atoms with Crippen LogP contribution in [-0.2, 0) is 10.2 Å². The zero-order chi connectivity index (χ0) is 15.0. The Morgan fingerprint density at radius 1 is 1.19 bits per heavy atom. The largest absolute Gasteiger partial charge is 0.481 e. The van der Waals surface area contributed by atoms with Crippen molar-refractivity contribution >= 4 is 17.7 Å². The van der Waals surface area contributed by atoms with Gasteiger partial charge in [0.05, 0.1) is 5.41 Å². The van der Waals surface area contributed by atoms with Crippen LogP contribution < -0.4 is 10.6 Å². The number of hydrogen-bond acceptors (Lipinski definition) is 2. The standard InChI is InChI=1S/C16H20N2O3/c1-10-8-13(9-10)18-15(21)17-12-4-2-11(3-5-12)16(6-7-16)14(19)20/h2-5,10,13H,6-9H2,1H3,(H,19,20)(H2,17,18,21). The molecule has 0 aliphatic heterocycles. The molecule has 0 aromatic heterocycles. The summed E-state index contributed by atoms with van der Waals surface area (Å²) in [6.45, 7) is 2.17. The number of urea groups is 1. The predicted molar refractivity (Wildman–Crippen MR) is 79.3 cm³/mol. The second kappa shape index (κ2) is 5.06. The fraction of sp³-hybridized carbons (Fsp3) is 0.500. The predicted octanol–water partition coefficient (Wildman–Crippen LogP) is 2.72. The summed E-state index contributed by atoms with van der Waals surface area (Å²) < 4.78 is 0. The van der Waals surface area contributed by atoms with Gasteiger partial charge in [0.2, 0.25) is 0 Å². The van der Waals surface area contributed by atoms with Crippen molar-refractivity contribution in [3.8, 4) is 0 Å². The number of benzene rings is 1. The van der Waals surface area contributed by atoms with E-state index in [1.807, 2.05) is 0 Å². The van der Waals surface area contributed by atoms with E-state index in [0.29, 0.717) is 24.4 Å². The normalized spacial score (nSPS) is 25.6. The van der Waals surface area contributed by atoms with Gasteiger partial charge in [-0.05, 0) is 49.3 Å². The van der Waals surface area contributed by atoms with E-state index >= 15 is 0 Å². The number of aliphatic carboxylic acids is 1. The Morgan fingerprint density at radius 2 is 1.81 bits per heavy atom. The molecule has 2 fully saturated rings. The van der Waals surface area contributed by atoms with E-state index in [1.165, 1.54) is 0 Å². The number of amides is 2. The molecule has 2 aliphatic rings. The molecule has 0 heterocycles. The van der Waals surface area contributed by atoms with Gasteiger partial charge in [-0.2, -0.15) is 0 Å². The molecule has 2 aliphatic carbocycles. The second-order valence-corrected chi connectivity index (χ2v) is 6.34. The zero-order valence-electron chi connectivity index (χ0n) is 12.1. The molecule has 5 heteroatoms. The van der Waals surface area contributed by atoms with Crippen LogP contribution in [0, 0.1) is 5.92 Å². The first-order chi connectivity index (χ1) is 9.99. The van der Waals surface area contributed by atoms with Crippen molar-refractivity contribution in [2.24, 2.45) is 5.92 Å². The SMILES string of the molecule is CC1CC(NC(=O)Nc2ccc(C3(C(=O)O)CC3)cc2)C1. The van der Waals surface area contributed by atoms with Gasteiger partial charge in [0.1, 0.15) is 0 Å². The lowest BCUT2D eigenvalue weighted by atomic mass is 9.82. The fourth-order valence-corrected chi connectivity index (χ4v) is 3.00. The molecule has 0 saturated heterocycles. The molecule has 21 heavy (non-hydrogen) atoms. The van der Waals surface area contributed by atoms with Crippen LogP contribution in [0.2, 0.25) is 0 Å². The van der Waals surface area contributed by atoms with Crippen LogP contribution in [0.4, 0.5) is 10.5 Å². The van der Waals surface area contributed by atoms with E-state index in [2.05, 4.69) is 17.6 Å². The van der Waals surface area contributed by atoms with Crippen molar-refractivity contribution in [2.75, 3.05) is 5.32 Å². The van der Waals surface area contributed by atoms with E-state index in [4.69, 9.17) is 0 Å². The molecule has 5 nitrogen and oxygen atoms in total. The summed E-state index contributed by atoms with van der Waals surface area (Å²) in [5.74, 6) is -0.0691. The highest BCUT2D eigenvalue weighted by atomic mass is 16.4. The van der Waals surface area contributed by atoms with Gasteiger partial charge in [0.15, 0.2) is 0 Å². The molecule has 0 atom stereocenters. The third-order valence-electron chi connectivity index (χ3n) is 4.56. The van der Waals surface area contributed by atoms with Crippen LogP contribution in [0.3, 0.4) is 0 Å². The molecule has 0 unspecified atom stereocenters. The van der Waals surface area contributed by atoms with Crippen molar-refractivity contribution in [1.82, 2.24) is 5.32 Å². The summed E-state index contributed by atoms with van der Waals surface area (Å²) in [4.78, 5) is 23.1. The highest BCUT2D eigenvalue weighted by Crippen LogP contribution is 2.48. The molecule has 3 N–H and O–H groups in total. The first-order valence-corrected chi connectivity index (χ1v) is 7.41. The molecular formula is C16H20N2O3. The minimum atomic E-state index is -0.764. The van der Waals surface area contributed by atoms with E-state index in [9.17, 15) is 14.7 Å². The topological polar surface area (TPSA) is 78.4 Å². The average Bonchev–Trinajstić information content (AvgIpc) is 3.19. The maximum Gasteiger partial charge on any atom is 0.319 e. The number of nitrogens with one attached hydrogen (secondary N) is 2. The number of rotatable bonds is 4. The van der Waals surface area contributed by atoms with Crippen LogP contribution in [0.15, 0.2) is 24.3 Å². The maximum atomic E-state index is 11.8. The van der Waals surface area contributed by atoms with Crippen molar-refractivity contribution < 1.29 is 14.7 Å². The third-order valence-corrected chi connectivity index (χ3v) is 4.56. The number of anilines is 1. The minimum Gasteiger partial charge on any atom is -0.481 e. The molecule has 2 saturated carbocycles. The minimum absolute atomic E-state index is 0.195. The van der Waals surface area contributed by atoms with Crippen LogP contribution in [0.1, 0.15) is 38.2 Å². The van der Waals surface area contributed by atoms with Crippen molar-refractivity contribution in [3.63, 3.8) is 0 Å². The Hall–Kier alpha value is -2.04. The third kappa shape index (κ3) is 2.73. The van der Waals surface area contributed by atoms with Crippen LogP contribution >= 0.6 is 0 Å². The van der Waals surface area contributed by atoms with Crippen molar-refractivity contribution in [3.05, 3.63) is 29.8 Å². The van der Waals surface area contributed by atoms with E-state index in [-0.39, 0.29) is 12.1 Å². The summed E-state index contributed by atoms with van der Waals surface area (Å²) in [6.07, 6.45) is 3.45. The molecule has 0 spiro atoms. The van der Waals surface area contributed by atoms with Gasteiger partial charge in [0.25, 0.3) is 0 Å². The van der Waals surface area contributed by atoms with E-state index < -0.39 is 11.4 Å². The summed E-state index contributed by atoms with van der Waals surface area (Å²) in [7, 11) is 0. The summed E-state index contributed by atoms with van der Waals surface area (Å²) in [5, 5.41) is 15.0. The summed E-state index contributed by atoms with van der Waals surface area (Å²) >= 11 is 0. The molecule has 1 aromatic carbocycles. The number of carboxylic acid groups (broad SMARTS) is 1. The average molecular weight is 288 g/mol. The van der Waals surface area contributed by atoms with Gasteiger partial charge in [-0.25, -0.2) is 4.79 Å². The van der Waals surface area contributed by atoms with Crippen LogP contribution in [0.5, 0.6) is 0 Å². The van der Waals surface area contributed by atoms with E-state index in [0.717, 1.165) is 18.4 Å². The van der Waals surface area contributed by atoms with Crippen LogP contribution in [-0.4, -0.2) is 23.1 Å². The van der Waals surface area contributed by atoms with Gasteiger partial charge in [-0.15, -0.1) is 0 Å². The monoisotopic (exact) mass is 288 g/mol.